The summed E-state index contributed by atoms with van der Waals surface area (Å²) in [7, 11) is 0. The second-order valence-corrected chi connectivity index (χ2v) is 2.60. The highest BCUT2D eigenvalue weighted by atomic mass is 32.1. The predicted octanol–water partition coefficient (Wildman–Crippen LogP) is 2.37. The van der Waals surface area contributed by atoms with E-state index in [1.165, 1.54) is 12.8 Å². The van der Waals surface area contributed by atoms with Gasteiger partial charge >= 0.3 is 0 Å². The first-order chi connectivity index (χ1) is 4.93. The first-order valence-corrected chi connectivity index (χ1v) is 4.75. The smallest absolute Gasteiger partial charge is 0.0468 e. The molecule has 1 aliphatic rings. The molecule has 1 fully saturated rings. The molecule has 0 aromatic rings. The van der Waals surface area contributed by atoms with E-state index in [1.807, 2.05) is 13.8 Å². The van der Waals surface area contributed by atoms with Gasteiger partial charge in [-0.1, -0.05) is 13.8 Å². The third-order valence-electron chi connectivity index (χ3n) is 1.60. The molecule has 62 valence electrons. The minimum Gasteiger partial charge on any atom is -0.381 e. The molecule has 0 unspecified atom stereocenters. The van der Waals surface area contributed by atoms with Crippen molar-refractivity contribution in [2.75, 3.05) is 19.0 Å². The second-order valence-electron chi connectivity index (χ2n) is 2.24. The Bertz CT molecular complexity index is 60.3. The van der Waals surface area contributed by atoms with Crippen LogP contribution in [0.25, 0.3) is 0 Å². The summed E-state index contributed by atoms with van der Waals surface area (Å²) in [5, 5.41) is 0. The maximum Gasteiger partial charge on any atom is 0.0468 e. The SMILES string of the molecule is CC.SCC1CCOCC1. The molecule has 2 heteroatoms. The van der Waals surface area contributed by atoms with Gasteiger partial charge in [0.05, 0.1) is 0 Å². The fourth-order valence-corrected chi connectivity index (χ4v) is 1.29. The summed E-state index contributed by atoms with van der Waals surface area (Å²) in [4.78, 5) is 0. The highest BCUT2D eigenvalue weighted by Crippen LogP contribution is 2.14. The Morgan fingerprint density at radius 1 is 1.30 bits per heavy atom. The number of hydrogen-bond donors (Lipinski definition) is 1. The molecule has 10 heavy (non-hydrogen) atoms. The van der Waals surface area contributed by atoms with Gasteiger partial charge in [0.2, 0.25) is 0 Å². The Morgan fingerprint density at radius 2 is 1.80 bits per heavy atom. The van der Waals surface area contributed by atoms with Gasteiger partial charge < -0.3 is 4.74 Å². The van der Waals surface area contributed by atoms with Crippen LogP contribution in [-0.4, -0.2) is 19.0 Å². The molecule has 1 nitrogen and oxygen atoms in total. The van der Waals surface area contributed by atoms with Crippen LogP contribution >= 0.6 is 12.6 Å². The van der Waals surface area contributed by atoms with Gasteiger partial charge in [0.25, 0.3) is 0 Å². The van der Waals surface area contributed by atoms with Gasteiger partial charge in [-0.15, -0.1) is 0 Å². The first-order valence-electron chi connectivity index (χ1n) is 4.12. The van der Waals surface area contributed by atoms with Gasteiger partial charge in [0.1, 0.15) is 0 Å². The lowest BCUT2D eigenvalue weighted by Crippen LogP contribution is -2.16. The quantitative estimate of drug-likeness (QED) is 0.582. The van der Waals surface area contributed by atoms with Crippen molar-refractivity contribution in [1.82, 2.24) is 0 Å². The Kier molecular flexibility index (Phi) is 7.65. The third kappa shape index (κ3) is 4.18. The van der Waals surface area contributed by atoms with E-state index in [0.717, 1.165) is 24.9 Å². The molecule has 0 bridgehead atoms. The van der Waals surface area contributed by atoms with Crippen molar-refractivity contribution in [1.29, 1.82) is 0 Å². The van der Waals surface area contributed by atoms with Gasteiger partial charge in [0.15, 0.2) is 0 Å². The number of rotatable bonds is 1. The van der Waals surface area contributed by atoms with Gasteiger partial charge in [-0.05, 0) is 24.5 Å². The summed E-state index contributed by atoms with van der Waals surface area (Å²) in [5.74, 6) is 1.86. The maximum atomic E-state index is 5.17. The first kappa shape index (κ1) is 10.3. The van der Waals surface area contributed by atoms with Crippen molar-refractivity contribution in [2.45, 2.75) is 26.7 Å². The molecule has 0 atom stereocenters. The van der Waals surface area contributed by atoms with E-state index in [-0.39, 0.29) is 0 Å². The van der Waals surface area contributed by atoms with Crippen molar-refractivity contribution >= 4 is 12.6 Å². The molecule has 0 radical (unpaired) electrons. The molecule has 1 rings (SSSR count). The summed E-state index contributed by atoms with van der Waals surface area (Å²) >= 11 is 4.21. The van der Waals surface area contributed by atoms with Gasteiger partial charge in [-0.2, -0.15) is 12.6 Å². The number of ether oxygens (including phenoxy) is 1. The lowest BCUT2D eigenvalue weighted by Gasteiger charge is -2.19. The molecule has 0 N–H and O–H groups in total. The molecule has 0 aliphatic carbocycles. The molecule has 0 spiro atoms. The Balaban J connectivity index is 0.000000371. The summed E-state index contributed by atoms with van der Waals surface area (Å²) in [6, 6.07) is 0. The number of hydrogen-bond acceptors (Lipinski definition) is 2. The van der Waals surface area contributed by atoms with Gasteiger partial charge in [-0.3, -0.25) is 0 Å². The zero-order valence-electron chi connectivity index (χ0n) is 6.97. The predicted molar refractivity (Wildman–Crippen MR) is 48.7 cm³/mol. The minimum absolute atomic E-state index is 0.826. The zero-order valence-corrected chi connectivity index (χ0v) is 7.86. The molecule has 0 aromatic heterocycles. The highest BCUT2D eigenvalue weighted by Gasteiger charge is 2.10. The molecule has 1 saturated heterocycles. The molecule has 0 amide bonds. The third-order valence-corrected chi connectivity index (χ3v) is 2.12. The number of thiol groups is 1. The van der Waals surface area contributed by atoms with E-state index in [9.17, 15) is 0 Å². The van der Waals surface area contributed by atoms with E-state index in [0.29, 0.717) is 0 Å². The largest absolute Gasteiger partial charge is 0.381 e. The van der Waals surface area contributed by atoms with Crippen LogP contribution in [0.2, 0.25) is 0 Å². The summed E-state index contributed by atoms with van der Waals surface area (Å²) in [5.41, 5.74) is 0. The fraction of sp³-hybridized carbons (Fsp3) is 1.00. The maximum absolute atomic E-state index is 5.17. The lowest BCUT2D eigenvalue weighted by molar-refractivity contribution is 0.0729. The van der Waals surface area contributed by atoms with E-state index >= 15 is 0 Å². The summed E-state index contributed by atoms with van der Waals surface area (Å²) in [6.45, 7) is 5.90. The van der Waals surface area contributed by atoms with Crippen LogP contribution in [0.4, 0.5) is 0 Å². The monoisotopic (exact) mass is 162 g/mol. The van der Waals surface area contributed by atoms with E-state index in [2.05, 4.69) is 12.6 Å². The van der Waals surface area contributed by atoms with Crippen molar-refractivity contribution in [3.8, 4) is 0 Å². The van der Waals surface area contributed by atoms with Crippen LogP contribution in [0.15, 0.2) is 0 Å². The van der Waals surface area contributed by atoms with Crippen LogP contribution in [0.3, 0.4) is 0 Å². The zero-order chi connectivity index (χ0) is 7.82. The minimum atomic E-state index is 0.826. The van der Waals surface area contributed by atoms with Crippen molar-refractivity contribution < 1.29 is 4.74 Å². The molecule has 1 heterocycles. The summed E-state index contributed by atoms with van der Waals surface area (Å²) in [6.07, 6.45) is 2.42. The molecule has 0 aromatic carbocycles. The standard InChI is InChI=1S/C6H12OS.C2H6/c8-5-6-1-3-7-4-2-6;1-2/h6,8H,1-5H2;1-2H3. The molecular weight excluding hydrogens is 144 g/mol. The van der Waals surface area contributed by atoms with Crippen molar-refractivity contribution in [3.05, 3.63) is 0 Å². The van der Waals surface area contributed by atoms with Crippen molar-refractivity contribution in [2.24, 2.45) is 5.92 Å². The van der Waals surface area contributed by atoms with Crippen LogP contribution in [-0.2, 0) is 4.74 Å². The van der Waals surface area contributed by atoms with Gasteiger partial charge in [0, 0.05) is 13.2 Å². The fourth-order valence-electron chi connectivity index (χ4n) is 0.929. The van der Waals surface area contributed by atoms with Crippen LogP contribution in [0, 0.1) is 5.92 Å². The Hall–Kier alpha value is 0.310. The van der Waals surface area contributed by atoms with Crippen LogP contribution in [0.1, 0.15) is 26.7 Å². The van der Waals surface area contributed by atoms with E-state index in [4.69, 9.17) is 4.74 Å². The second kappa shape index (κ2) is 7.42. The van der Waals surface area contributed by atoms with Gasteiger partial charge in [-0.25, -0.2) is 0 Å². The van der Waals surface area contributed by atoms with E-state index in [1.54, 1.807) is 0 Å². The lowest BCUT2D eigenvalue weighted by atomic mass is 10.0. The molecule has 1 aliphatic heterocycles. The highest BCUT2D eigenvalue weighted by molar-refractivity contribution is 7.80. The van der Waals surface area contributed by atoms with Crippen LogP contribution < -0.4 is 0 Å². The van der Waals surface area contributed by atoms with Crippen LogP contribution in [0.5, 0.6) is 0 Å². The Morgan fingerprint density at radius 3 is 2.10 bits per heavy atom. The topological polar surface area (TPSA) is 9.23 Å². The average molecular weight is 162 g/mol. The Labute approximate surface area is 69.6 Å². The van der Waals surface area contributed by atoms with E-state index < -0.39 is 0 Å². The average Bonchev–Trinajstić information content (AvgIpc) is 2.10. The molecular formula is C8H18OS. The molecule has 0 saturated carbocycles. The normalized spacial score (nSPS) is 19.5. The van der Waals surface area contributed by atoms with Crippen molar-refractivity contribution in [3.63, 3.8) is 0 Å². The summed E-state index contributed by atoms with van der Waals surface area (Å²) < 4.78 is 5.17.